The second kappa shape index (κ2) is 7.40. The van der Waals surface area contributed by atoms with Crippen molar-refractivity contribution in [3.8, 4) is 0 Å². The van der Waals surface area contributed by atoms with E-state index in [1.54, 1.807) is 0 Å². The second-order valence-electron chi connectivity index (χ2n) is 5.13. The van der Waals surface area contributed by atoms with Crippen molar-refractivity contribution < 1.29 is 9.47 Å². The molecular formula is C14H24N4O2. The van der Waals surface area contributed by atoms with Crippen LogP contribution >= 0.6 is 0 Å². The molecule has 0 spiro atoms. The third-order valence-electron chi connectivity index (χ3n) is 3.01. The van der Waals surface area contributed by atoms with Crippen LogP contribution in [0.1, 0.15) is 32.5 Å². The zero-order chi connectivity index (χ0) is 14.4. The lowest BCUT2D eigenvalue weighted by Crippen LogP contribution is -2.34. The van der Waals surface area contributed by atoms with Gasteiger partial charge in [-0.25, -0.2) is 9.97 Å². The summed E-state index contributed by atoms with van der Waals surface area (Å²) in [4.78, 5) is 9.04. The summed E-state index contributed by atoms with van der Waals surface area (Å²) in [6.07, 6.45) is 0.0869. The molecule has 1 aromatic heterocycles. The van der Waals surface area contributed by atoms with E-state index in [0.717, 1.165) is 24.0 Å². The van der Waals surface area contributed by atoms with Crippen LogP contribution in [-0.2, 0) is 9.47 Å². The molecule has 1 saturated heterocycles. The molecule has 20 heavy (non-hydrogen) atoms. The van der Waals surface area contributed by atoms with Crippen LogP contribution in [0.5, 0.6) is 0 Å². The number of nitrogens with zero attached hydrogens (tertiary/aromatic N) is 2. The summed E-state index contributed by atoms with van der Waals surface area (Å²) in [7, 11) is 0. The predicted octanol–water partition coefficient (Wildman–Crippen LogP) is 1.86. The maximum absolute atomic E-state index is 5.61. The van der Waals surface area contributed by atoms with Gasteiger partial charge in [0.05, 0.1) is 25.9 Å². The van der Waals surface area contributed by atoms with Gasteiger partial charge in [-0.05, 0) is 6.92 Å². The first-order chi connectivity index (χ1) is 9.69. The Morgan fingerprint density at radius 3 is 2.60 bits per heavy atom. The molecule has 0 amide bonds. The van der Waals surface area contributed by atoms with Crippen LogP contribution in [0.3, 0.4) is 0 Å². The summed E-state index contributed by atoms with van der Waals surface area (Å²) in [6, 6.07) is 1.93. The van der Waals surface area contributed by atoms with Gasteiger partial charge in [-0.2, -0.15) is 0 Å². The van der Waals surface area contributed by atoms with Crippen molar-refractivity contribution in [2.24, 2.45) is 0 Å². The van der Waals surface area contributed by atoms with Gasteiger partial charge in [-0.1, -0.05) is 13.8 Å². The van der Waals surface area contributed by atoms with Gasteiger partial charge >= 0.3 is 0 Å². The third-order valence-corrected chi connectivity index (χ3v) is 3.01. The van der Waals surface area contributed by atoms with Crippen LogP contribution in [-0.4, -0.2) is 49.0 Å². The Morgan fingerprint density at radius 2 is 2.00 bits per heavy atom. The van der Waals surface area contributed by atoms with Crippen molar-refractivity contribution in [2.45, 2.75) is 32.8 Å². The zero-order valence-electron chi connectivity index (χ0n) is 12.5. The third kappa shape index (κ3) is 4.31. The van der Waals surface area contributed by atoms with Gasteiger partial charge in [0.25, 0.3) is 0 Å². The van der Waals surface area contributed by atoms with E-state index in [1.165, 1.54) is 0 Å². The van der Waals surface area contributed by atoms with Gasteiger partial charge in [0.15, 0.2) is 0 Å². The van der Waals surface area contributed by atoms with E-state index >= 15 is 0 Å². The van der Waals surface area contributed by atoms with Gasteiger partial charge in [-0.3, -0.25) is 0 Å². The molecule has 0 aliphatic carbocycles. The molecule has 2 rings (SSSR count). The Morgan fingerprint density at radius 1 is 1.25 bits per heavy atom. The van der Waals surface area contributed by atoms with Gasteiger partial charge in [-0.15, -0.1) is 0 Å². The Kier molecular flexibility index (Phi) is 5.55. The molecule has 0 bridgehead atoms. The number of ether oxygens (including phenoxy) is 2. The fourth-order valence-electron chi connectivity index (χ4n) is 1.96. The van der Waals surface area contributed by atoms with Crippen LogP contribution in [0.15, 0.2) is 6.07 Å². The molecule has 2 heterocycles. The quantitative estimate of drug-likeness (QED) is 0.829. The van der Waals surface area contributed by atoms with Crippen LogP contribution in [0.25, 0.3) is 0 Å². The minimum Gasteiger partial charge on any atom is -0.376 e. The molecule has 6 nitrogen and oxygen atoms in total. The minimum atomic E-state index is 0.0869. The molecule has 1 aliphatic rings. The summed E-state index contributed by atoms with van der Waals surface area (Å²) in [6.45, 7) is 9.75. The van der Waals surface area contributed by atoms with E-state index < -0.39 is 0 Å². The van der Waals surface area contributed by atoms with E-state index in [1.807, 2.05) is 6.07 Å². The van der Waals surface area contributed by atoms with Crippen molar-refractivity contribution in [1.82, 2.24) is 9.97 Å². The number of rotatable bonds is 6. The Hall–Kier alpha value is -1.40. The largest absolute Gasteiger partial charge is 0.376 e. The average Bonchev–Trinajstić information content (AvgIpc) is 2.46. The van der Waals surface area contributed by atoms with Crippen molar-refractivity contribution in [1.29, 1.82) is 0 Å². The lowest BCUT2D eigenvalue weighted by molar-refractivity contribution is -0.0819. The average molecular weight is 280 g/mol. The summed E-state index contributed by atoms with van der Waals surface area (Å²) in [5.41, 5.74) is 0. The zero-order valence-corrected chi connectivity index (χ0v) is 12.5. The molecule has 1 aromatic rings. The van der Waals surface area contributed by atoms with Crippen LogP contribution in [0, 0.1) is 0 Å². The first kappa shape index (κ1) is 15.0. The standard InChI is InChI=1S/C14H24N4O2/c1-4-15-12-7-13(18-14(17-12)10(2)3)16-8-11-9-19-5-6-20-11/h7,10-11H,4-6,8-9H2,1-3H3,(H2,15,16,17,18). The summed E-state index contributed by atoms with van der Waals surface area (Å²) in [5.74, 6) is 2.82. The number of anilines is 2. The number of hydrogen-bond donors (Lipinski definition) is 2. The highest BCUT2D eigenvalue weighted by Gasteiger charge is 2.15. The smallest absolute Gasteiger partial charge is 0.135 e. The molecule has 1 atom stereocenters. The minimum absolute atomic E-state index is 0.0869. The Bertz CT molecular complexity index is 420. The molecule has 6 heteroatoms. The first-order valence-electron chi connectivity index (χ1n) is 7.25. The normalized spacial score (nSPS) is 19.1. The molecule has 2 N–H and O–H groups in total. The maximum Gasteiger partial charge on any atom is 0.135 e. The highest BCUT2D eigenvalue weighted by molar-refractivity contribution is 5.47. The van der Waals surface area contributed by atoms with Crippen molar-refractivity contribution in [3.63, 3.8) is 0 Å². The molecule has 0 aromatic carbocycles. The second-order valence-corrected chi connectivity index (χ2v) is 5.13. The number of aromatic nitrogens is 2. The maximum atomic E-state index is 5.61. The van der Waals surface area contributed by atoms with Crippen molar-refractivity contribution >= 4 is 11.6 Å². The topological polar surface area (TPSA) is 68.3 Å². The summed E-state index contributed by atoms with van der Waals surface area (Å²) >= 11 is 0. The fraction of sp³-hybridized carbons (Fsp3) is 0.714. The number of nitrogens with one attached hydrogen (secondary N) is 2. The highest BCUT2D eigenvalue weighted by Crippen LogP contribution is 2.17. The van der Waals surface area contributed by atoms with Gasteiger partial charge in [0, 0.05) is 25.1 Å². The summed E-state index contributed by atoms with van der Waals surface area (Å²) < 4.78 is 11.0. The molecule has 1 fully saturated rings. The Labute approximate surface area is 120 Å². The molecule has 1 unspecified atom stereocenters. The molecule has 0 saturated carbocycles. The lowest BCUT2D eigenvalue weighted by Gasteiger charge is -2.23. The molecular weight excluding hydrogens is 256 g/mol. The fourth-order valence-corrected chi connectivity index (χ4v) is 1.96. The van der Waals surface area contributed by atoms with E-state index in [2.05, 4.69) is 41.4 Å². The van der Waals surface area contributed by atoms with Gasteiger partial charge in [0.1, 0.15) is 17.5 Å². The summed E-state index contributed by atoms with van der Waals surface area (Å²) in [5, 5.41) is 6.55. The van der Waals surface area contributed by atoms with Crippen LogP contribution < -0.4 is 10.6 Å². The number of hydrogen-bond acceptors (Lipinski definition) is 6. The molecule has 0 radical (unpaired) electrons. The van der Waals surface area contributed by atoms with E-state index in [4.69, 9.17) is 9.47 Å². The highest BCUT2D eigenvalue weighted by atomic mass is 16.6. The van der Waals surface area contributed by atoms with Crippen LogP contribution in [0.2, 0.25) is 0 Å². The molecule has 1 aliphatic heterocycles. The van der Waals surface area contributed by atoms with E-state index in [0.29, 0.717) is 32.3 Å². The van der Waals surface area contributed by atoms with Gasteiger partial charge in [0.2, 0.25) is 0 Å². The Balaban J connectivity index is 2.01. The lowest BCUT2D eigenvalue weighted by atomic mass is 10.2. The SMILES string of the molecule is CCNc1cc(NCC2COCCO2)nc(C(C)C)n1. The van der Waals surface area contributed by atoms with Crippen molar-refractivity contribution in [2.75, 3.05) is 43.5 Å². The van der Waals surface area contributed by atoms with Crippen molar-refractivity contribution in [3.05, 3.63) is 11.9 Å². The van der Waals surface area contributed by atoms with Gasteiger partial charge < -0.3 is 20.1 Å². The predicted molar refractivity (Wildman–Crippen MR) is 79.3 cm³/mol. The monoisotopic (exact) mass is 280 g/mol. The molecule has 112 valence electrons. The van der Waals surface area contributed by atoms with E-state index in [9.17, 15) is 0 Å². The first-order valence-corrected chi connectivity index (χ1v) is 7.25. The van der Waals surface area contributed by atoms with E-state index in [-0.39, 0.29) is 6.10 Å². The van der Waals surface area contributed by atoms with Crippen LogP contribution in [0.4, 0.5) is 11.6 Å².